The summed E-state index contributed by atoms with van der Waals surface area (Å²) in [4.78, 5) is 17.4. The van der Waals surface area contributed by atoms with Crippen LogP contribution in [0.2, 0.25) is 5.02 Å². The normalized spacial score (nSPS) is 16.6. The van der Waals surface area contributed by atoms with Crippen LogP contribution in [0.15, 0.2) is 35.6 Å². The molecule has 8 heteroatoms. The van der Waals surface area contributed by atoms with Crippen LogP contribution in [0.5, 0.6) is 0 Å². The molecule has 24 heavy (non-hydrogen) atoms. The minimum Gasteiger partial charge on any atom is -0.382 e. The molecule has 1 aromatic carbocycles. The topological polar surface area (TPSA) is 68.5 Å². The Morgan fingerprint density at radius 3 is 2.92 bits per heavy atom. The summed E-state index contributed by atoms with van der Waals surface area (Å²) >= 11 is 6.06. The summed E-state index contributed by atoms with van der Waals surface area (Å²) in [5, 5.41) is 11.3. The summed E-state index contributed by atoms with van der Waals surface area (Å²) in [6.07, 6.45) is 1.17. The van der Waals surface area contributed by atoms with Crippen LogP contribution < -0.4 is 5.32 Å². The van der Waals surface area contributed by atoms with E-state index in [2.05, 4.69) is 15.6 Å². The first kappa shape index (κ1) is 16.4. The summed E-state index contributed by atoms with van der Waals surface area (Å²) in [5.74, 6) is -0.604. The number of hydrogen-bond donors (Lipinski definition) is 1. The van der Waals surface area contributed by atoms with Gasteiger partial charge in [-0.3, -0.25) is 9.48 Å². The van der Waals surface area contributed by atoms with Crippen LogP contribution in [0, 0.1) is 5.82 Å². The maximum absolute atomic E-state index is 13.0. The first-order valence-electron chi connectivity index (χ1n) is 7.55. The molecule has 1 amide bonds. The minimum absolute atomic E-state index is 0.261. The summed E-state index contributed by atoms with van der Waals surface area (Å²) in [6.45, 7) is 2.87. The average molecular weight is 351 g/mol. The molecule has 0 saturated carbocycles. The van der Waals surface area contributed by atoms with E-state index in [-0.39, 0.29) is 18.3 Å². The molecule has 3 rings (SSSR count). The molecule has 0 saturated heterocycles. The predicted molar refractivity (Wildman–Crippen MR) is 87.2 cm³/mol. The number of hydrogen-bond acceptors (Lipinski definition) is 4. The molecule has 2 aromatic rings. The van der Waals surface area contributed by atoms with Crippen molar-refractivity contribution < 1.29 is 14.0 Å². The lowest BCUT2D eigenvalue weighted by molar-refractivity contribution is -0.131. The molecule has 0 bridgehead atoms. The van der Waals surface area contributed by atoms with E-state index < -0.39 is 6.10 Å². The van der Waals surface area contributed by atoms with Gasteiger partial charge in [0.25, 0.3) is 5.91 Å². The van der Waals surface area contributed by atoms with Gasteiger partial charge in [-0.1, -0.05) is 28.9 Å². The van der Waals surface area contributed by atoms with E-state index in [1.807, 2.05) is 6.92 Å². The zero-order chi connectivity index (χ0) is 17.1. The molecule has 1 N–H and O–H groups in total. The highest BCUT2D eigenvalue weighted by atomic mass is 35.5. The van der Waals surface area contributed by atoms with Crippen LogP contribution in [0.1, 0.15) is 24.6 Å². The van der Waals surface area contributed by atoms with Crippen LogP contribution in [-0.4, -0.2) is 27.5 Å². The van der Waals surface area contributed by atoms with Crippen LogP contribution in [0.3, 0.4) is 0 Å². The van der Waals surface area contributed by atoms with E-state index in [0.717, 1.165) is 11.3 Å². The number of carbonyl (C=O) groups excluding carboxylic acids is 1. The van der Waals surface area contributed by atoms with E-state index >= 15 is 0 Å². The SMILES string of the molecule is CCn1ncc(Cl)c1CNC(=O)C1CC(c2ccc(F)cc2)=NO1. The number of halogens is 2. The highest BCUT2D eigenvalue weighted by Crippen LogP contribution is 2.18. The third-order valence-electron chi connectivity index (χ3n) is 3.77. The van der Waals surface area contributed by atoms with Crippen LogP contribution in [0.4, 0.5) is 4.39 Å². The Hall–Kier alpha value is -2.41. The number of rotatable bonds is 5. The number of amides is 1. The summed E-state index contributed by atoms with van der Waals surface area (Å²) in [5.41, 5.74) is 2.09. The molecular formula is C16H16ClFN4O2. The quantitative estimate of drug-likeness (QED) is 0.900. The summed E-state index contributed by atoms with van der Waals surface area (Å²) in [6, 6.07) is 5.91. The van der Waals surface area contributed by atoms with Gasteiger partial charge in [-0.05, 0) is 24.6 Å². The lowest BCUT2D eigenvalue weighted by Crippen LogP contribution is -2.35. The van der Waals surface area contributed by atoms with Crippen molar-refractivity contribution in [1.29, 1.82) is 0 Å². The van der Waals surface area contributed by atoms with Gasteiger partial charge in [0.2, 0.25) is 6.10 Å². The average Bonchev–Trinajstić information content (AvgIpc) is 3.20. The van der Waals surface area contributed by atoms with Gasteiger partial charge < -0.3 is 10.2 Å². The Kier molecular flexibility index (Phi) is 4.80. The summed E-state index contributed by atoms with van der Waals surface area (Å²) in [7, 11) is 0. The largest absolute Gasteiger partial charge is 0.382 e. The smallest absolute Gasteiger partial charge is 0.264 e. The van der Waals surface area contributed by atoms with E-state index in [0.29, 0.717) is 23.7 Å². The highest BCUT2D eigenvalue weighted by molar-refractivity contribution is 6.31. The molecule has 0 fully saturated rings. The number of nitrogens with zero attached hydrogens (tertiary/aromatic N) is 3. The van der Waals surface area contributed by atoms with Crippen LogP contribution >= 0.6 is 11.6 Å². The zero-order valence-corrected chi connectivity index (χ0v) is 13.8. The fourth-order valence-electron chi connectivity index (χ4n) is 2.45. The minimum atomic E-state index is -0.707. The third kappa shape index (κ3) is 3.41. The molecule has 6 nitrogen and oxygen atoms in total. The molecule has 126 valence electrons. The van der Waals surface area contributed by atoms with Gasteiger partial charge in [0.05, 0.1) is 29.2 Å². The second-order valence-electron chi connectivity index (χ2n) is 5.32. The zero-order valence-electron chi connectivity index (χ0n) is 13.0. The van der Waals surface area contributed by atoms with E-state index in [9.17, 15) is 9.18 Å². The molecule has 0 radical (unpaired) electrons. The first-order valence-corrected chi connectivity index (χ1v) is 7.92. The van der Waals surface area contributed by atoms with Crippen molar-refractivity contribution >= 4 is 23.2 Å². The van der Waals surface area contributed by atoms with Gasteiger partial charge in [-0.15, -0.1) is 0 Å². The molecular weight excluding hydrogens is 335 g/mol. The van der Waals surface area contributed by atoms with Crippen molar-refractivity contribution in [3.63, 3.8) is 0 Å². The maximum Gasteiger partial charge on any atom is 0.264 e. The standard InChI is InChI=1S/C16H16ClFN4O2/c1-2-22-14(12(17)8-20-22)9-19-16(23)15-7-13(21-24-15)10-3-5-11(18)6-4-10/h3-6,8,15H,2,7,9H2,1H3,(H,19,23). The Morgan fingerprint density at radius 1 is 1.46 bits per heavy atom. The van der Waals surface area contributed by atoms with Gasteiger partial charge in [0.1, 0.15) is 5.82 Å². The van der Waals surface area contributed by atoms with E-state index in [1.165, 1.54) is 12.1 Å². The lowest BCUT2D eigenvalue weighted by Gasteiger charge is -2.10. The van der Waals surface area contributed by atoms with Crippen molar-refractivity contribution in [3.05, 3.63) is 52.6 Å². The fourth-order valence-corrected chi connectivity index (χ4v) is 2.66. The monoisotopic (exact) mass is 350 g/mol. The second-order valence-corrected chi connectivity index (χ2v) is 5.72. The molecule has 0 spiro atoms. The molecule has 1 unspecified atom stereocenters. The number of benzene rings is 1. The van der Waals surface area contributed by atoms with Gasteiger partial charge in [0, 0.05) is 13.0 Å². The van der Waals surface area contributed by atoms with Gasteiger partial charge >= 0.3 is 0 Å². The second kappa shape index (κ2) is 7.00. The van der Waals surface area contributed by atoms with Gasteiger partial charge in [-0.2, -0.15) is 5.10 Å². The molecule has 1 aromatic heterocycles. The Bertz CT molecular complexity index is 773. The fraction of sp³-hybridized carbons (Fsp3) is 0.312. The molecule has 2 heterocycles. The van der Waals surface area contributed by atoms with Crippen molar-refractivity contribution in [2.24, 2.45) is 5.16 Å². The predicted octanol–water partition coefficient (Wildman–Crippen LogP) is 2.50. The number of aromatic nitrogens is 2. The number of oxime groups is 1. The van der Waals surface area contributed by atoms with Crippen molar-refractivity contribution in [2.75, 3.05) is 0 Å². The Morgan fingerprint density at radius 2 is 2.21 bits per heavy atom. The molecule has 1 aliphatic heterocycles. The van der Waals surface area contributed by atoms with Gasteiger partial charge in [0.15, 0.2) is 0 Å². The Balaban J connectivity index is 1.58. The van der Waals surface area contributed by atoms with Crippen molar-refractivity contribution in [1.82, 2.24) is 15.1 Å². The van der Waals surface area contributed by atoms with E-state index in [4.69, 9.17) is 16.4 Å². The molecule has 1 aliphatic rings. The lowest BCUT2D eigenvalue weighted by atomic mass is 10.0. The maximum atomic E-state index is 13.0. The van der Waals surface area contributed by atoms with E-state index in [1.54, 1.807) is 23.0 Å². The number of carbonyl (C=O) groups is 1. The number of nitrogens with one attached hydrogen (secondary N) is 1. The van der Waals surface area contributed by atoms with Crippen LogP contribution in [0.25, 0.3) is 0 Å². The van der Waals surface area contributed by atoms with Crippen LogP contribution in [-0.2, 0) is 22.7 Å². The van der Waals surface area contributed by atoms with Crippen molar-refractivity contribution in [2.45, 2.75) is 32.5 Å². The van der Waals surface area contributed by atoms with Crippen molar-refractivity contribution in [3.8, 4) is 0 Å². The summed E-state index contributed by atoms with van der Waals surface area (Å²) < 4.78 is 14.7. The Labute approximate surface area is 143 Å². The van der Waals surface area contributed by atoms with Gasteiger partial charge in [-0.25, -0.2) is 4.39 Å². The first-order chi connectivity index (χ1) is 11.6. The number of aryl methyl sites for hydroxylation is 1. The molecule has 0 aliphatic carbocycles. The third-order valence-corrected chi connectivity index (χ3v) is 4.08. The highest BCUT2D eigenvalue weighted by Gasteiger charge is 2.29. The molecule has 1 atom stereocenters.